The first kappa shape index (κ1) is 21.4. The van der Waals surface area contributed by atoms with Gasteiger partial charge in [0.15, 0.2) is 0 Å². The van der Waals surface area contributed by atoms with Gasteiger partial charge in [-0.3, -0.25) is 4.79 Å². The number of rotatable bonds is 7. The predicted molar refractivity (Wildman–Crippen MR) is 125 cm³/mol. The van der Waals surface area contributed by atoms with E-state index in [-0.39, 0.29) is 11.8 Å². The van der Waals surface area contributed by atoms with Crippen LogP contribution < -0.4 is 5.32 Å². The Morgan fingerprint density at radius 3 is 2.00 bits per heavy atom. The van der Waals surface area contributed by atoms with Gasteiger partial charge in [-0.25, -0.2) is 4.79 Å². The molecule has 1 aromatic heterocycles. The quantitative estimate of drug-likeness (QED) is 0.425. The largest absolute Gasteiger partial charge is 0.467 e. The van der Waals surface area contributed by atoms with Gasteiger partial charge in [0.05, 0.1) is 7.11 Å². The highest BCUT2D eigenvalue weighted by Gasteiger charge is 2.28. The highest BCUT2D eigenvalue weighted by atomic mass is 16.5. The third kappa shape index (κ3) is 4.42. The third-order valence-electron chi connectivity index (χ3n) is 5.67. The smallest absolute Gasteiger partial charge is 0.328 e. The van der Waals surface area contributed by atoms with Gasteiger partial charge in [0.25, 0.3) is 0 Å². The number of ether oxygens (including phenoxy) is 1. The summed E-state index contributed by atoms with van der Waals surface area (Å²) in [6.45, 7) is 1.41. The standard InChI is InChI=1S/C27H26N2O3/c1-18(30)28-24(27(31)32-2)17-22-21-15-9-10-16-23(21)29-26(22)25(19-11-5-3-6-12-19)20-13-7-4-8-14-20/h3-16,24-25,29H,17H2,1-2H3,(H,28,30). The number of fused-ring (bicyclic) bond motifs is 1. The van der Waals surface area contributed by atoms with Crippen molar-refractivity contribution in [2.75, 3.05) is 7.11 Å². The molecule has 5 heteroatoms. The highest BCUT2D eigenvalue weighted by Crippen LogP contribution is 2.37. The van der Waals surface area contributed by atoms with Gasteiger partial charge in [0.2, 0.25) is 5.91 Å². The fraction of sp³-hybridized carbons (Fsp3) is 0.185. The molecule has 1 unspecified atom stereocenters. The molecule has 162 valence electrons. The Bertz CT molecular complexity index is 1180. The number of aromatic amines is 1. The lowest BCUT2D eigenvalue weighted by molar-refractivity contribution is -0.144. The van der Waals surface area contributed by atoms with E-state index in [1.165, 1.54) is 14.0 Å². The van der Waals surface area contributed by atoms with Crippen LogP contribution in [0.2, 0.25) is 0 Å². The second-order valence-electron chi connectivity index (χ2n) is 7.80. The SMILES string of the molecule is COC(=O)C(Cc1c(C(c2ccccc2)c2ccccc2)[nH]c2ccccc12)NC(C)=O. The molecule has 0 spiro atoms. The van der Waals surface area contributed by atoms with Crippen LogP contribution in [-0.4, -0.2) is 30.0 Å². The summed E-state index contributed by atoms with van der Waals surface area (Å²) in [5, 5.41) is 3.78. The molecule has 0 aliphatic heterocycles. The number of aromatic nitrogens is 1. The zero-order chi connectivity index (χ0) is 22.5. The molecular formula is C27H26N2O3. The number of H-pyrrole nitrogens is 1. The lowest BCUT2D eigenvalue weighted by atomic mass is 9.85. The fourth-order valence-electron chi connectivity index (χ4n) is 4.29. The summed E-state index contributed by atoms with van der Waals surface area (Å²) in [5.41, 5.74) is 5.26. The van der Waals surface area contributed by atoms with Crippen molar-refractivity contribution in [3.05, 3.63) is 107 Å². The van der Waals surface area contributed by atoms with E-state index in [1.807, 2.05) is 60.7 Å². The van der Waals surface area contributed by atoms with Gasteiger partial charge in [-0.1, -0.05) is 78.9 Å². The molecule has 0 fully saturated rings. The topological polar surface area (TPSA) is 71.2 Å². The summed E-state index contributed by atoms with van der Waals surface area (Å²) >= 11 is 0. The maximum Gasteiger partial charge on any atom is 0.328 e. The lowest BCUT2D eigenvalue weighted by Crippen LogP contribution is -2.42. The summed E-state index contributed by atoms with van der Waals surface area (Å²) in [6.07, 6.45) is 0.321. The Hall–Kier alpha value is -3.86. The van der Waals surface area contributed by atoms with Crippen molar-refractivity contribution in [1.29, 1.82) is 0 Å². The first-order valence-corrected chi connectivity index (χ1v) is 10.6. The van der Waals surface area contributed by atoms with Crippen LogP contribution in [0.5, 0.6) is 0 Å². The number of carbonyl (C=O) groups is 2. The number of methoxy groups -OCH3 is 1. The summed E-state index contributed by atoms with van der Waals surface area (Å²) in [7, 11) is 1.34. The Labute approximate surface area is 187 Å². The van der Waals surface area contributed by atoms with Crippen molar-refractivity contribution in [2.24, 2.45) is 0 Å². The Balaban J connectivity index is 1.91. The number of carbonyl (C=O) groups excluding carboxylic acids is 2. The number of esters is 1. The van der Waals surface area contributed by atoms with Crippen LogP contribution in [0.15, 0.2) is 84.9 Å². The number of hydrogen-bond acceptors (Lipinski definition) is 3. The molecule has 0 aliphatic rings. The van der Waals surface area contributed by atoms with Gasteiger partial charge in [0, 0.05) is 35.9 Å². The summed E-state index contributed by atoms with van der Waals surface area (Å²) in [5.74, 6) is -0.799. The number of benzene rings is 3. The number of amides is 1. The molecule has 5 nitrogen and oxygen atoms in total. The maximum atomic E-state index is 12.5. The predicted octanol–water partition coefficient (Wildman–Crippen LogP) is 4.57. The molecule has 0 saturated carbocycles. The molecule has 0 saturated heterocycles. The van der Waals surface area contributed by atoms with Gasteiger partial charge >= 0.3 is 5.97 Å². The second-order valence-corrected chi connectivity index (χ2v) is 7.80. The minimum atomic E-state index is -0.775. The zero-order valence-electron chi connectivity index (χ0n) is 18.2. The van der Waals surface area contributed by atoms with E-state index in [1.54, 1.807) is 0 Å². The summed E-state index contributed by atoms with van der Waals surface area (Å²) < 4.78 is 4.98. The number of hydrogen-bond donors (Lipinski definition) is 2. The van der Waals surface area contributed by atoms with E-state index in [2.05, 4.69) is 34.6 Å². The Morgan fingerprint density at radius 1 is 0.875 bits per heavy atom. The van der Waals surface area contributed by atoms with E-state index in [4.69, 9.17) is 4.74 Å². The van der Waals surface area contributed by atoms with Crippen molar-refractivity contribution in [3.8, 4) is 0 Å². The van der Waals surface area contributed by atoms with Gasteiger partial charge in [0.1, 0.15) is 6.04 Å². The monoisotopic (exact) mass is 426 g/mol. The molecule has 32 heavy (non-hydrogen) atoms. The van der Waals surface area contributed by atoms with Crippen LogP contribution in [-0.2, 0) is 20.7 Å². The van der Waals surface area contributed by atoms with Crippen LogP contribution in [0.25, 0.3) is 10.9 Å². The van der Waals surface area contributed by atoms with Crippen molar-refractivity contribution in [3.63, 3.8) is 0 Å². The van der Waals surface area contributed by atoms with E-state index < -0.39 is 12.0 Å². The lowest BCUT2D eigenvalue weighted by Gasteiger charge is -2.21. The minimum Gasteiger partial charge on any atom is -0.467 e. The normalized spacial score (nSPS) is 12.0. The first-order valence-electron chi connectivity index (χ1n) is 10.6. The van der Waals surface area contributed by atoms with E-state index in [0.29, 0.717) is 6.42 Å². The van der Waals surface area contributed by atoms with Crippen LogP contribution in [0, 0.1) is 0 Å². The van der Waals surface area contributed by atoms with Crippen molar-refractivity contribution in [2.45, 2.75) is 25.3 Å². The van der Waals surface area contributed by atoms with Crippen molar-refractivity contribution in [1.82, 2.24) is 10.3 Å². The highest BCUT2D eigenvalue weighted by molar-refractivity contribution is 5.88. The van der Waals surface area contributed by atoms with Crippen molar-refractivity contribution >= 4 is 22.8 Å². The van der Waals surface area contributed by atoms with Crippen LogP contribution in [0.3, 0.4) is 0 Å². The number of nitrogens with one attached hydrogen (secondary N) is 2. The second kappa shape index (κ2) is 9.52. The molecule has 1 heterocycles. The average Bonchev–Trinajstić information content (AvgIpc) is 3.17. The van der Waals surface area contributed by atoms with Crippen molar-refractivity contribution < 1.29 is 14.3 Å². The van der Waals surface area contributed by atoms with E-state index in [9.17, 15) is 9.59 Å². The Morgan fingerprint density at radius 2 is 1.44 bits per heavy atom. The van der Waals surface area contributed by atoms with Crippen LogP contribution in [0.4, 0.5) is 0 Å². The van der Waals surface area contributed by atoms with Gasteiger partial charge in [-0.15, -0.1) is 0 Å². The molecule has 0 bridgehead atoms. The van der Waals surface area contributed by atoms with Gasteiger partial charge in [-0.05, 0) is 22.8 Å². The van der Waals surface area contributed by atoms with Gasteiger partial charge in [-0.2, -0.15) is 0 Å². The summed E-state index contributed by atoms with van der Waals surface area (Å²) in [6, 6.07) is 27.8. The molecule has 0 aliphatic carbocycles. The molecule has 2 N–H and O–H groups in total. The van der Waals surface area contributed by atoms with Gasteiger partial charge < -0.3 is 15.0 Å². The average molecular weight is 427 g/mol. The Kier molecular flexibility index (Phi) is 6.36. The molecule has 3 aromatic carbocycles. The first-order chi connectivity index (χ1) is 15.6. The van der Waals surface area contributed by atoms with E-state index in [0.717, 1.165) is 33.3 Å². The fourth-order valence-corrected chi connectivity index (χ4v) is 4.29. The molecule has 4 aromatic rings. The summed E-state index contributed by atoms with van der Waals surface area (Å²) in [4.78, 5) is 27.9. The van der Waals surface area contributed by atoms with E-state index >= 15 is 0 Å². The van der Waals surface area contributed by atoms with Crippen LogP contribution in [0.1, 0.15) is 35.2 Å². The maximum absolute atomic E-state index is 12.5. The molecular weight excluding hydrogens is 400 g/mol. The third-order valence-corrected chi connectivity index (χ3v) is 5.67. The zero-order valence-corrected chi connectivity index (χ0v) is 18.2. The van der Waals surface area contributed by atoms with Crippen LogP contribution >= 0.6 is 0 Å². The molecule has 4 rings (SSSR count). The number of para-hydroxylation sites is 1. The molecule has 1 amide bonds. The molecule has 1 atom stereocenters. The minimum absolute atomic E-state index is 0.0598. The molecule has 0 radical (unpaired) electrons.